The summed E-state index contributed by atoms with van der Waals surface area (Å²) in [6.45, 7) is 1.91. The number of methoxy groups -OCH3 is 1. The van der Waals surface area contributed by atoms with Gasteiger partial charge in [0.25, 0.3) is 5.56 Å². The normalized spacial score (nSPS) is 12.3. The number of nitrogens with one attached hydrogen (secondary N) is 1. The second-order valence-corrected chi connectivity index (χ2v) is 4.75. The average Bonchev–Trinajstić information content (AvgIpc) is 2.39. The van der Waals surface area contributed by atoms with Crippen LogP contribution in [0.3, 0.4) is 0 Å². The number of hydrogen-bond donors (Lipinski definition) is 3. The van der Waals surface area contributed by atoms with E-state index < -0.39 is 11.9 Å². The number of nitrogens with two attached hydrogens (primary N) is 2. The minimum Gasteiger partial charge on any atom is -0.496 e. The Hall–Kier alpha value is -2.34. The van der Waals surface area contributed by atoms with Crippen molar-refractivity contribution in [3.8, 4) is 5.75 Å². The Kier molecular flexibility index (Phi) is 3.76. The van der Waals surface area contributed by atoms with Gasteiger partial charge in [-0.1, -0.05) is 0 Å². The minimum absolute atomic E-state index is 0.117. The van der Waals surface area contributed by atoms with Crippen molar-refractivity contribution >= 4 is 16.8 Å². The van der Waals surface area contributed by atoms with Gasteiger partial charge in [-0.25, -0.2) is 0 Å². The summed E-state index contributed by atoms with van der Waals surface area (Å²) in [7, 11) is 1.58. The van der Waals surface area contributed by atoms with E-state index in [0.29, 0.717) is 16.8 Å². The van der Waals surface area contributed by atoms with E-state index in [1.807, 2.05) is 13.0 Å². The number of rotatable bonds is 4. The van der Waals surface area contributed by atoms with E-state index in [0.717, 1.165) is 10.9 Å². The summed E-state index contributed by atoms with van der Waals surface area (Å²) in [6.07, 6.45) is 0.117. The van der Waals surface area contributed by atoms with Crippen LogP contribution in [0.2, 0.25) is 0 Å². The maximum Gasteiger partial charge on any atom is 0.251 e. The number of carbonyl (C=O) groups is 1. The summed E-state index contributed by atoms with van der Waals surface area (Å²) in [4.78, 5) is 25.7. The molecule has 0 saturated heterocycles. The van der Waals surface area contributed by atoms with Crippen molar-refractivity contribution in [2.45, 2.75) is 19.4 Å². The molecule has 1 aromatic carbocycles. The molecule has 1 atom stereocenters. The van der Waals surface area contributed by atoms with E-state index in [1.54, 1.807) is 19.2 Å². The third-order valence-electron chi connectivity index (χ3n) is 3.24. The molecular weight excluding hydrogens is 258 g/mol. The minimum atomic E-state index is -0.868. The Morgan fingerprint density at radius 1 is 1.40 bits per heavy atom. The van der Waals surface area contributed by atoms with Gasteiger partial charge in [-0.3, -0.25) is 9.59 Å². The molecule has 2 rings (SSSR count). The quantitative estimate of drug-likeness (QED) is 0.740. The zero-order chi connectivity index (χ0) is 14.9. The molecule has 0 bridgehead atoms. The van der Waals surface area contributed by atoms with E-state index in [9.17, 15) is 9.59 Å². The molecule has 5 N–H and O–H groups in total. The first kappa shape index (κ1) is 14.1. The first-order valence-electron chi connectivity index (χ1n) is 6.18. The van der Waals surface area contributed by atoms with E-state index >= 15 is 0 Å². The number of aromatic nitrogens is 1. The fourth-order valence-corrected chi connectivity index (χ4v) is 2.10. The van der Waals surface area contributed by atoms with Crippen molar-refractivity contribution < 1.29 is 9.53 Å². The second kappa shape index (κ2) is 5.34. The van der Waals surface area contributed by atoms with Crippen molar-refractivity contribution in [1.82, 2.24) is 4.98 Å². The summed E-state index contributed by atoms with van der Waals surface area (Å²) in [5, 5.41) is 0.856. The SMILES string of the molecule is COc1cc2[nH]c(=O)c(C[C@H](N)C(N)=O)cc2cc1C. The molecule has 106 valence electrons. The molecule has 6 nitrogen and oxygen atoms in total. The number of aromatic amines is 1. The number of amides is 1. The van der Waals surface area contributed by atoms with Crippen molar-refractivity contribution in [1.29, 1.82) is 0 Å². The number of ether oxygens (including phenoxy) is 1. The molecule has 1 amide bonds. The topological polar surface area (TPSA) is 111 Å². The fourth-order valence-electron chi connectivity index (χ4n) is 2.10. The molecule has 0 fully saturated rings. The number of H-pyrrole nitrogens is 1. The standard InChI is InChI=1S/C14H17N3O3/c1-7-3-8-4-9(5-10(15)13(16)18)14(19)17-11(8)6-12(7)20-2/h3-4,6,10H,5,15H2,1-2H3,(H2,16,18)(H,17,19)/t10-/m0/s1. The summed E-state index contributed by atoms with van der Waals surface area (Å²) in [5.74, 6) is 0.0742. The predicted octanol–water partition coefficient (Wildman–Crippen LogP) is 0.200. The van der Waals surface area contributed by atoms with Gasteiger partial charge in [0, 0.05) is 18.1 Å². The van der Waals surface area contributed by atoms with Crippen molar-refractivity contribution in [3.05, 3.63) is 39.7 Å². The van der Waals surface area contributed by atoms with Crippen molar-refractivity contribution in [2.75, 3.05) is 7.11 Å². The van der Waals surface area contributed by atoms with Gasteiger partial charge < -0.3 is 21.2 Å². The highest BCUT2D eigenvalue weighted by Crippen LogP contribution is 2.23. The lowest BCUT2D eigenvalue weighted by atomic mass is 10.0. The number of carbonyl (C=O) groups excluding carboxylic acids is 1. The summed E-state index contributed by atoms with van der Waals surface area (Å²) in [5.41, 5.74) is 12.5. The maximum atomic E-state index is 12.0. The van der Waals surface area contributed by atoms with Crippen molar-refractivity contribution in [2.24, 2.45) is 11.5 Å². The van der Waals surface area contributed by atoms with Crippen LogP contribution in [0.25, 0.3) is 10.9 Å². The second-order valence-electron chi connectivity index (χ2n) is 4.75. The number of pyridine rings is 1. The lowest BCUT2D eigenvalue weighted by Crippen LogP contribution is -2.39. The van der Waals surface area contributed by atoms with Crippen LogP contribution in [0.15, 0.2) is 23.0 Å². The van der Waals surface area contributed by atoms with Crippen LogP contribution in [-0.4, -0.2) is 24.0 Å². The first-order valence-corrected chi connectivity index (χ1v) is 6.18. The molecule has 0 spiro atoms. The van der Waals surface area contributed by atoms with E-state index in [-0.39, 0.29) is 12.0 Å². The van der Waals surface area contributed by atoms with Crippen LogP contribution in [0.5, 0.6) is 5.75 Å². The number of benzene rings is 1. The van der Waals surface area contributed by atoms with Gasteiger partial charge in [-0.15, -0.1) is 0 Å². The van der Waals surface area contributed by atoms with Crippen LogP contribution >= 0.6 is 0 Å². The number of primary amides is 1. The van der Waals surface area contributed by atoms with Gasteiger partial charge in [-0.05, 0) is 30.0 Å². The maximum absolute atomic E-state index is 12.0. The van der Waals surface area contributed by atoms with Crippen LogP contribution in [0, 0.1) is 6.92 Å². The number of aryl methyl sites for hydroxylation is 1. The number of fused-ring (bicyclic) bond motifs is 1. The Bertz CT molecular complexity index is 721. The highest BCUT2D eigenvalue weighted by Gasteiger charge is 2.13. The zero-order valence-corrected chi connectivity index (χ0v) is 11.4. The number of hydrogen-bond acceptors (Lipinski definition) is 4. The van der Waals surface area contributed by atoms with Gasteiger partial charge >= 0.3 is 0 Å². The highest BCUT2D eigenvalue weighted by atomic mass is 16.5. The van der Waals surface area contributed by atoms with Crippen LogP contribution in [-0.2, 0) is 11.2 Å². The highest BCUT2D eigenvalue weighted by molar-refractivity contribution is 5.83. The van der Waals surface area contributed by atoms with E-state index in [1.165, 1.54) is 0 Å². The molecule has 2 aromatic rings. The van der Waals surface area contributed by atoms with Crippen LogP contribution in [0.1, 0.15) is 11.1 Å². The molecule has 20 heavy (non-hydrogen) atoms. The molecule has 0 radical (unpaired) electrons. The van der Waals surface area contributed by atoms with E-state index in [4.69, 9.17) is 16.2 Å². The first-order chi connectivity index (χ1) is 9.42. The monoisotopic (exact) mass is 275 g/mol. The molecule has 6 heteroatoms. The molecule has 0 unspecified atom stereocenters. The smallest absolute Gasteiger partial charge is 0.251 e. The summed E-state index contributed by atoms with van der Waals surface area (Å²) in [6, 6.07) is 4.53. The molecule has 1 heterocycles. The van der Waals surface area contributed by atoms with Gasteiger partial charge in [0.2, 0.25) is 5.91 Å². The molecular formula is C14H17N3O3. The van der Waals surface area contributed by atoms with Gasteiger partial charge in [0.1, 0.15) is 5.75 Å². The Morgan fingerprint density at radius 3 is 2.70 bits per heavy atom. The van der Waals surface area contributed by atoms with Gasteiger partial charge in [0.15, 0.2) is 0 Å². The average molecular weight is 275 g/mol. The largest absolute Gasteiger partial charge is 0.496 e. The Balaban J connectivity index is 2.52. The third kappa shape index (κ3) is 2.65. The molecule has 0 saturated carbocycles. The summed E-state index contributed by atoms with van der Waals surface area (Å²) < 4.78 is 5.22. The molecule has 0 aliphatic rings. The van der Waals surface area contributed by atoms with Gasteiger partial charge in [0.05, 0.1) is 18.7 Å². The van der Waals surface area contributed by atoms with Crippen LogP contribution in [0.4, 0.5) is 0 Å². The van der Waals surface area contributed by atoms with Crippen molar-refractivity contribution in [3.63, 3.8) is 0 Å². The van der Waals surface area contributed by atoms with E-state index in [2.05, 4.69) is 4.98 Å². The summed E-state index contributed by atoms with van der Waals surface area (Å²) >= 11 is 0. The Labute approximate surface area is 115 Å². The molecule has 1 aromatic heterocycles. The predicted molar refractivity (Wildman–Crippen MR) is 76.7 cm³/mol. The third-order valence-corrected chi connectivity index (χ3v) is 3.24. The van der Waals surface area contributed by atoms with Crippen LogP contribution < -0.4 is 21.8 Å². The zero-order valence-electron chi connectivity index (χ0n) is 11.4. The fraction of sp³-hybridized carbons (Fsp3) is 0.286. The lowest BCUT2D eigenvalue weighted by Gasteiger charge is -2.10. The lowest BCUT2D eigenvalue weighted by molar-refractivity contribution is -0.119. The van der Waals surface area contributed by atoms with Gasteiger partial charge in [-0.2, -0.15) is 0 Å². The Morgan fingerprint density at radius 2 is 2.10 bits per heavy atom. The molecule has 0 aliphatic carbocycles. The molecule has 0 aliphatic heterocycles.